The maximum atomic E-state index is 12.3. The third kappa shape index (κ3) is 55.5. The molecule has 5 heteroatoms. The first-order chi connectivity index (χ1) is 32.6. The lowest BCUT2D eigenvalue weighted by molar-refractivity contribution is -0.161. The van der Waals surface area contributed by atoms with Crippen molar-refractivity contribution < 1.29 is 24.2 Å². The molecule has 1 unspecified atom stereocenters. The van der Waals surface area contributed by atoms with Crippen molar-refractivity contribution in [2.75, 3.05) is 13.2 Å². The Kier molecular flexibility index (Phi) is 57.2. The van der Waals surface area contributed by atoms with E-state index in [9.17, 15) is 14.7 Å². The van der Waals surface area contributed by atoms with Crippen molar-refractivity contribution in [3.63, 3.8) is 0 Å². The standard InChI is InChI=1S/C61H120O5/c1-3-5-7-9-11-13-15-17-19-20-21-22-23-24-25-26-27-28-29-30-31-32-33-34-35-36-37-38-39-40-41-42-44-46-48-50-52-54-56-61(64)66-59(57-62)58-65-60(63)55-53-51-49-47-45-43-18-16-14-12-10-8-6-4-2/h59,62H,3-58H2,1-2H3. The molecule has 0 fully saturated rings. The van der Waals surface area contributed by atoms with Crippen LogP contribution in [0.25, 0.3) is 0 Å². The first kappa shape index (κ1) is 64.9. The number of esters is 2. The average molecular weight is 934 g/mol. The molecule has 1 N–H and O–H groups in total. The van der Waals surface area contributed by atoms with E-state index < -0.39 is 6.10 Å². The summed E-state index contributed by atoms with van der Waals surface area (Å²) in [5.41, 5.74) is 0. The lowest BCUT2D eigenvalue weighted by Gasteiger charge is -2.15. The SMILES string of the molecule is CCCCCCCCCCCCCCCCCCCCCCCCCCCCCCCCCCCCCCCCC(=O)OC(CO)COC(=O)CCCCCCCCCCCCCCCC. The summed E-state index contributed by atoms with van der Waals surface area (Å²) < 4.78 is 10.7. The number of hydrogen-bond acceptors (Lipinski definition) is 5. The van der Waals surface area contributed by atoms with Crippen LogP contribution in [0.2, 0.25) is 0 Å². The predicted octanol–water partition coefficient (Wildman–Crippen LogP) is 20.5. The molecular weight excluding hydrogens is 813 g/mol. The van der Waals surface area contributed by atoms with Gasteiger partial charge in [-0.15, -0.1) is 0 Å². The van der Waals surface area contributed by atoms with Crippen LogP contribution >= 0.6 is 0 Å². The van der Waals surface area contributed by atoms with E-state index in [1.54, 1.807) is 0 Å². The van der Waals surface area contributed by atoms with E-state index in [0.717, 1.165) is 32.1 Å². The van der Waals surface area contributed by atoms with Gasteiger partial charge in [0, 0.05) is 12.8 Å². The number of rotatable bonds is 58. The molecule has 0 aromatic heterocycles. The molecule has 0 rings (SSSR count). The molecular formula is C61H120O5. The lowest BCUT2D eigenvalue weighted by Crippen LogP contribution is -2.28. The summed E-state index contributed by atoms with van der Waals surface area (Å²) in [6, 6.07) is 0. The minimum absolute atomic E-state index is 0.0561. The van der Waals surface area contributed by atoms with Crippen molar-refractivity contribution in [2.45, 2.75) is 367 Å². The van der Waals surface area contributed by atoms with E-state index in [2.05, 4.69) is 13.8 Å². The van der Waals surface area contributed by atoms with Gasteiger partial charge in [-0.05, 0) is 12.8 Å². The molecule has 0 saturated carbocycles. The second kappa shape index (κ2) is 58.2. The highest BCUT2D eigenvalue weighted by molar-refractivity contribution is 5.70. The van der Waals surface area contributed by atoms with Gasteiger partial charge in [0.2, 0.25) is 0 Å². The van der Waals surface area contributed by atoms with Crippen LogP contribution in [0.3, 0.4) is 0 Å². The van der Waals surface area contributed by atoms with Gasteiger partial charge in [0.15, 0.2) is 6.10 Å². The minimum Gasteiger partial charge on any atom is -0.462 e. The lowest BCUT2D eigenvalue weighted by atomic mass is 10.0. The van der Waals surface area contributed by atoms with E-state index in [-0.39, 0.29) is 25.2 Å². The summed E-state index contributed by atoms with van der Waals surface area (Å²) in [5, 5.41) is 9.63. The van der Waals surface area contributed by atoms with Crippen LogP contribution in [0.15, 0.2) is 0 Å². The van der Waals surface area contributed by atoms with Gasteiger partial charge in [-0.25, -0.2) is 0 Å². The Morgan fingerprint density at radius 2 is 0.470 bits per heavy atom. The zero-order chi connectivity index (χ0) is 47.7. The van der Waals surface area contributed by atoms with Crippen molar-refractivity contribution in [2.24, 2.45) is 0 Å². The first-order valence-electron chi connectivity index (χ1n) is 30.6. The predicted molar refractivity (Wildman–Crippen MR) is 289 cm³/mol. The van der Waals surface area contributed by atoms with Crippen molar-refractivity contribution in [1.82, 2.24) is 0 Å². The van der Waals surface area contributed by atoms with E-state index in [0.29, 0.717) is 12.8 Å². The smallest absolute Gasteiger partial charge is 0.306 e. The maximum absolute atomic E-state index is 12.3. The molecule has 0 saturated heterocycles. The Labute approximate surface area is 414 Å². The minimum atomic E-state index is -0.763. The van der Waals surface area contributed by atoms with Gasteiger partial charge < -0.3 is 14.6 Å². The second-order valence-electron chi connectivity index (χ2n) is 21.2. The number of aliphatic hydroxyl groups excluding tert-OH is 1. The van der Waals surface area contributed by atoms with Crippen LogP contribution in [0.1, 0.15) is 361 Å². The van der Waals surface area contributed by atoms with Crippen LogP contribution < -0.4 is 0 Å². The molecule has 0 heterocycles. The van der Waals surface area contributed by atoms with Crippen molar-refractivity contribution in [1.29, 1.82) is 0 Å². The number of aliphatic hydroxyl groups is 1. The fraction of sp³-hybridized carbons (Fsp3) is 0.967. The Bertz CT molecular complexity index is 921. The summed E-state index contributed by atoms with van der Waals surface area (Å²) in [7, 11) is 0. The van der Waals surface area contributed by atoms with Gasteiger partial charge in [-0.2, -0.15) is 0 Å². The van der Waals surface area contributed by atoms with Crippen LogP contribution in [-0.2, 0) is 19.1 Å². The van der Waals surface area contributed by atoms with Gasteiger partial charge in [0.1, 0.15) is 6.61 Å². The summed E-state index contributed by atoms with van der Waals surface area (Å²) in [6.45, 7) is 4.20. The zero-order valence-corrected chi connectivity index (χ0v) is 45.3. The molecule has 394 valence electrons. The molecule has 0 bridgehead atoms. The summed E-state index contributed by atoms with van der Waals surface area (Å²) >= 11 is 0. The molecule has 0 aromatic rings. The van der Waals surface area contributed by atoms with Crippen molar-refractivity contribution in [3.8, 4) is 0 Å². The van der Waals surface area contributed by atoms with Crippen molar-refractivity contribution >= 4 is 11.9 Å². The molecule has 1 atom stereocenters. The summed E-state index contributed by atoms with van der Waals surface area (Å²) in [4.78, 5) is 24.5. The molecule has 0 aliphatic carbocycles. The fourth-order valence-corrected chi connectivity index (χ4v) is 9.80. The van der Waals surface area contributed by atoms with E-state index >= 15 is 0 Å². The van der Waals surface area contributed by atoms with Crippen molar-refractivity contribution in [3.05, 3.63) is 0 Å². The largest absolute Gasteiger partial charge is 0.462 e. The fourth-order valence-electron chi connectivity index (χ4n) is 9.80. The second-order valence-corrected chi connectivity index (χ2v) is 21.2. The Hall–Kier alpha value is -1.10. The molecule has 0 radical (unpaired) electrons. The Balaban J connectivity index is 3.32. The number of unbranched alkanes of at least 4 members (excludes halogenated alkanes) is 50. The monoisotopic (exact) mass is 933 g/mol. The molecule has 0 aliphatic heterocycles. The number of hydrogen-bond donors (Lipinski definition) is 1. The highest BCUT2D eigenvalue weighted by Crippen LogP contribution is 2.19. The molecule has 0 aromatic carbocycles. The van der Waals surface area contributed by atoms with Crippen LogP contribution in [-0.4, -0.2) is 36.4 Å². The zero-order valence-electron chi connectivity index (χ0n) is 45.3. The molecule has 0 amide bonds. The molecule has 0 spiro atoms. The van der Waals surface area contributed by atoms with Gasteiger partial charge in [-0.1, -0.05) is 335 Å². The van der Waals surface area contributed by atoms with Gasteiger partial charge in [-0.3, -0.25) is 9.59 Å². The normalized spacial score (nSPS) is 12.0. The third-order valence-corrected chi connectivity index (χ3v) is 14.4. The number of ether oxygens (including phenoxy) is 2. The van der Waals surface area contributed by atoms with E-state index in [4.69, 9.17) is 9.47 Å². The average Bonchev–Trinajstić information content (AvgIpc) is 3.32. The van der Waals surface area contributed by atoms with E-state index in [1.807, 2.05) is 0 Å². The van der Waals surface area contributed by atoms with Gasteiger partial charge >= 0.3 is 11.9 Å². The van der Waals surface area contributed by atoms with Gasteiger partial charge in [0.25, 0.3) is 0 Å². The topological polar surface area (TPSA) is 72.8 Å². The quantitative estimate of drug-likeness (QED) is 0.0486. The third-order valence-electron chi connectivity index (χ3n) is 14.4. The Morgan fingerprint density at radius 3 is 0.667 bits per heavy atom. The van der Waals surface area contributed by atoms with Gasteiger partial charge in [0.05, 0.1) is 6.61 Å². The number of carbonyl (C=O) groups excluding carboxylic acids is 2. The summed E-state index contributed by atoms with van der Waals surface area (Å²) in [5.74, 6) is -0.566. The molecule has 5 nitrogen and oxygen atoms in total. The van der Waals surface area contributed by atoms with E-state index in [1.165, 1.54) is 302 Å². The van der Waals surface area contributed by atoms with Crippen LogP contribution in [0.4, 0.5) is 0 Å². The molecule has 66 heavy (non-hydrogen) atoms. The van der Waals surface area contributed by atoms with Crippen LogP contribution in [0, 0.1) is 0 Å². The highest BCUT2D eigenvalue weighted by atomic mass is 16.6. The molecule has 0 aliphatic rings. The first-order valence-corrected chi connectivity index (χ1v) is 30.6. The number of carbonyl (C=O) groups is 2. The summed E-state index contributed by atoms with van der Waals surface area (Å²) in [6.07, 6.45) is 71.3. The van der Waals surface area contributed by atoms with Crippen LogP contribution in [0.5, 0.6) is 0 Å². The highest BCUT2D eigenvalue weighted by Gasteiger charge is 2.16. The Morgan fingerprint density at radius 1 is 0.288 bits per heavy atom. The maximum Gasteiger partial charge on any atom is 0.306 e.